The highest BCUT2D eigenvalue weighted by molar-refractivity contribution is 5.84. The lowest BCUT2D eigenvalue weighted by molar-refractivity contribution is -0.317. The summed E-state index contributed by atoms with van der Waals surface area (Å²) in [5.41, 5.74) is 3.19. The maximum atomic E-state index is 10.4. The van der Waals surface area contributed by atoms with Crippen LogP contribution < -0.4 is 10.1 Å². The Morgan fingerprint density at radius 2 is 1.94 bits per heavy atom. The van der Waals surface area contributed by atoms with Crippen LogP contribution in [0.2, 0.25) is 0 Å². The summed E-state index contributed by atoms with van der Waals surface area (Å²) in [6.45, 7) is 0.685. The predicted molar refractivity (Wildman–Crippen MR) is 115 cm³/mol. The summed E-state index contributed by atoms with van der Waals surface area (Å²) in [6, 6.07) is 15.9. The number of benzene rings is 2. The van der Waals surface area contributed by atoms with E-state index in [0.29, 0.717) is 19.6 Å². The van der Waals surface area contributed by atoms with Crippen LogP contribution in [0.4, 0.5) is 0 Å². The van der Waals surface area contributed by atoms with Crippen LogP contribution in [0.5, 0.6) is 5.75 Å². The van der Waals surface area contributed by atoms with Gasteiger partial charge in [-0.25, -0.2) is 0 Å². The van der Waals surface area contributed by atoms with Gasteiger partial charge in [0.05, 0.1) is 13.2 Å². The Bertz CT molecular complexity index is 994. The lowest BCUT2D eigenvalue weighted by Crippen LogP contribution is -2.64. The SMILES string of the molecule is OC1COC(O)(CNCCc2c[nH]c3ccc(OCc4ccccc4)cc23)C(O)C1O. The molecular weight excluding hydrogens is 400 g/mol. The average molecular weight is 428 g/mol. The molecule has 6 N–H and O–H groups in total. The monoisotopic (exact) mass is 428 g/mol. The summed E-state index contributed by atoms with van der Waals surface area (Å²) in [5, 5.41) is 43.8. The third-order valence-corrected chi connectivity index (χ3v) is 5.62. The number of hydrogen-bond acceptors (Lipinski definition) is 7. The Hall–Kier alpha value is -2.46. The minimum atomic E-state index is -1.95. The van der Waals surface area contributed by atoms with Crippen LogP contribution in [-0.2, 0) is 17.8 Å². The molecule has 0 radical (unpaired) electrons. The predicted octanol–water partition coefficient (Wildman–Crippen LogP) is 0.680. The topological polar surface area (TPSA) is 127 Å². The third-order valence-electron chi connectivity index (χ3n) is 5.62. The van der Waals surface area contributed by atoms with E-state index in [4.69, 9.17) is 9.47 Å². The highest BCUT2D eigenvalue weighted by Gasteiger charge is 2.48. The highest BCUT2D eigenvalue weighted by Crippen LogP contribution is 2.25. The molecule has 1 fully saturated rings. The van der Waals surface area contributed by atoms with Crippen molar-refractivity contribution in [1.82, 2.24) is 10.3 Å². The summed E-state index contributed by atoms with van der Waals surface area (Å²) in [6.07, 6.45) is -1.67. The number of fused-ring (bicyclic) bond motifs is 1. The van der Waals surface area contributed by atoms with Crippen molar-refractivity contribution in [1.29, 1.82) is 0 Å². The molecule has 8 nitrogen and oxygen atoms in total. The van der Waals surface area contributed by atoms with Gasteiger partial charge in [0.15, 0.2) is 0 Å². The summed E-state index contributed by atoms with van der Waals surface area (Å²) in [7, 11) is 0. The maximum absolute atomic E-state index is 10.4. The van der Waals surface area contributed by atoms with Crippen molar-refractivity contribution in [3.8, 4) is 5.75 Å². The Balaban J connectivity index is 1.33. The van der Waals surface area contributed by atoms with Gasteiger partial charge in [-0.15, -0.1) is 0 Å². The second kappa shape index (κ2) is 9.35. The van der Waals surface area contributed by atoms with Gasteiger partial charge in [0.25, 0.3) is 0 Å². The van der Waals surface area contributed by atoms with Crippen molar-refractivity contribution >= 4 is 10.9 Å². The number of aromatic nitrogens is 1. The minimum Gasteiger partial charge on any atom is -0.489 e. The molecule has 166 valence electrons. The van der Waals surface area contributed by atoms with Crippen LogP contribution in [0.3, 0.4) is 0 Å². The van der Waals surface area contributed by atoms with Crippen molar-refractivity contribution in [2.75, 3.05) is 19.7 Å². The van der Waals surface area contributed by atoms with Crippen LogP contribution in [0, 0.1) is 0 Å². The summed E-state index contributed by atoms with van der Waals surface area (Å²) < 4.78 is 11.1. The van der Waals surface area contributed by atoms with Crippen LogP contribution in [0.25, 0.3) is 10.9 Å². The number of H-pyrrole nitrogens is 1. The van der Waals surface area contributed by atoms with Gasteiger partial charge in [-0.05, 0) is 42.3 Å². The maximum Gasteiger partial charge on any atom is 0.207 e. The summed E-state index contributed by atoms with van der Waals surface area (Å²) in [4.78, 5) is 3.25. The Kier molecular flexibility index (Phi) is 6.57. The van der Waals surface area contributed by atoms with E-state index in [1.54, 1.807) is 0 Å². The number of hydrogen-bond donors (Lipinski definition) is 6. The second-order valence-corrected chi connectivity index (χ2v) is 7.88. The molecule has 3 aromatic rings. The number of aliphatic hydroxyl groups is 4. The van der Waals surface area contributed by atoms with Gasteiger partial charge >= 0.3 is 0 Å². The van der Waals surface area contributed by atoms with Gasteiger partial charge < -0.3 is 40.2 Å². The highest BCUT2D eigenvalue weighted by atomic mass is 16.6. The third kappa shape index (κ3) is 4.90. The largest absolute Gasteiger partial charge is 0.489 e. The molecule has 1 aromatic heterocycles. The van der Waals surface area contributed by atoms with Crippen molar-refractivity contribution in [2.45, 2.75) is 37.1 Å². The molecule has 1 saturated heterocycles. The van der Waals surface area contributed by atoms with Crippen LogP contribution >= 0.6 is 0 Å². The van der Waals surface area contributed by atoms with Crippen molar-refractivity contribution in [3.63, 3.8) is 0 Å². The minimum absolute atomic E-state index is 0.0776. The van der Waals surface area contributed by atoms with E-state index >= 15 is 0 Å². The summed E-state index contributed by atoms with van der Waals surface area (Å²) >= 11 is 0. The molecule has 2 aromatic carbocycles. The van der Waals surface area contributed by atoms with Crippen molar-refractivity contribution in [3.05, 3.63) is 65.9 Å². The summed E-state index contributed by atoms with van der Waals surface area (Å²) in [5.74, 6) is -1.16. The van der Waals surface area contributed by atoms with Gasteiger partial charge in [0.2, 0.25) is 5.79 Å². The van der Waals surface area contributed by atoms with E-state index in [0.717, 1.165) is 27.8 Å². The molecule has 4 unspecified atom stereocenters. The lowest BCUT2D eigenvalue weighted by atomic mass is 9.97. The van der Waals surface area contributed by atoms with Crippen molar-refractivity contribution < 1.29 is 29.9 Å². The Labute approximate surface area is 180 Å². The molecule has 31 heavy (non-hydrogen) atoms. The molecular formula is C23H28N2O6. The zero-order valence-corrected chi connectivity index (χ0v) is 17.1. The number of nitrogens with one attached hydrogen (secondary N) is 2. The zero-order valence-electron chi connectivity index (χ0n) is 17.1. The van der Waals surface area contributed by atoms with E-state index in [1.807, 2.05) is 54.7 Å². The van der Waals surface area contributed by atoms with Crippen molar-refractivity contribution in [2.24, 2.45) is 0 Å². The molecule has 1 aliphatic rings. The first-order valence-electron chi connectivity index (χ1n) is 10.3. The fraction of sp³-hybridized carbons (Fsp3) is 0.391. The van der Waals surface area contributed by atoms with E-state index in [1.165, 1.54) is 0 Å². The van der Waals surface area contributed by atoms with Crippen LogP contribution in [0.15, 0.2) is 54.7 Å². The molecule has 4 rings (SSSR count). The fourth-order valence-electron chi connectivity index (χ4n) is 3.73. The van der Waals surface area contributed by atoms with Gasteiger partial charge in [-0.2, -0.15) is 0 Å². The smallest absolute Gasteiger partial charge is 0.207 e. The lowest BCUT2D eigenvalue weighted by Gasteiger charge is -2.41. The number of rotatable bonds is 8. The van der Waals surface area contributed by atoms with Crippen LogP contribution in [0.1, 0.15) is 11.1 Å². The normalized spacial score (nSPS) is 26.3. The zero-order chi connectivity index (χ0) is 21.8. The molecule has 0 aliphatic carbocycles. The first-order chi connectivity index (χ1) is 15.0. The molecule has 0 spiro atoms. The van der Waals surface area contributed by atoms with Crippen LogP contribution in [-0.4, -0.2) is 69.2 Å². The van der Waals surface area contributed by atoms with E-state index < -0.39 is 24.1 Å². The second-order valence-electron chi connectivity index (χ2n) is 7.88. The molecule has 0 saturated carbocycles. The number of ether oxygens (including phenoxy) is 2. The molecule has 1 aliphatic heterocycles. The van der Waals surface area contributed by atoms with E-state index in [9.17, 15) is 20.4 Å². The first-order valence-corrected chi connectivity index (χ1v) is 10.3. The van der Waals surface area contributed by atoms with Gasteiger partial charge in [0, 0.05) is 17.1 Å². The molecule has 8 heteroatoms. The quantitative estimate of drug-likeness (QED) is 0.291. The molecule has 0 bridgehead atoms. The fourth-order valence-corrected chi connectivity index (χ4v) is 3.73. The molecule has 4 atom stereocenters. The van der Waals surface area contributed by atoms with E-state index in [2.05, 4.69) is 10.3 Å². The molecule has 0 amide bonds. The van der Waals surface area contributed by atoms with Gasteiger partial charge in [-0.3, -0.25) is 0 Å². The Morgan fingerprint density at radius 3 is 2.74 bits per heavy atom. The van der Waals surface area contributed by atoms with Gasteiger partial charge in [-0.1, -0.05) is 30.3 Å². The standard InChI is InChI=1S/C23H28N2O6/c26-20-13-31-23(29,22(28)21(20)27)14-24-9-8-16-11-25-19-7-6-17(10-18(16)19)30-12-15-4-2-1-3-5-15/h1-7,10-11,20-22,24-29H,8-9,12-14H2. The average Bonchev–Trinajstić information content (AvgIpc) is 3.20. The number of aromatic amines is 1. The van der Waals surface area contributed by atoms with E-state index in [-0.39, 0.29) is 13.2 Å². The van der Waals surface area contributed by atoms with Gasteiger partial charge in [0.1, 0.15) is 30.7 Å². The first kappa shape index (κ1) is 21.8. The molecule has 2 heterocycles. The number of aliphatic hydroxyl groups excluding tert-OH is 3. The Morgan fingerprint density at radius 1 is 1.13 bits per heavy atom.